The monoisotopic (exact) mass is 421 g/mol. The number of methoxy groups -OCH3 is 2. The number of hydrogen-bond acceptors (Lipinski definition) is 6. The van der Waals surface area contributed by atoms with Crippen LogP contribution in [0.4, 0.5) is 10.1 Å². The van der Waals surface area contributed by atoms with Crippen LogP contribution in [-0.2, 0) is 0 Å². The number of ether oxygens (including phenoxy) is 2. The van der Waals surface area contributed by atoms with Crippen LogP contribution in [0.15, 0.2) is 47.0 Å². The number of fused-ring (bicyclic) bond motifs is 1. The van der Waals surface area contributed by atoms with Gasteiger partial charge in [0.1, 0.15) is 5.82 Å². The number of nitrogens with one attached hydrogen (secondary N) is 1. The van der Waals surface area contributed by atoms with Crippen LogP contribution in [0.5, 0.6) is 11.5 Å². The molecule has 0 aliphatic carbocycles. The van der Waals surface area contributed by atoms with Gasteiger partial charge in [0.2, 0.25) is 0 Å². The summed E-state index contributed by atoms with van der Waals surface area (Å²) in [6.45, 7) is 3.56. The second kappa shape index (κ2) is 8.06. The van der Waals surface area contributed by atoms with Crippen molar-refractivity contribution in [2.24, 2.45) is 0 Å². The van der Waals surface area contributed by atoms with Crippen LogP contribution in [0.3, 0.4) is 0 Å². The van der Waals surface area contributed by atoms with E-state index in [2.05, 4.69) is 15.5 Å². The van der Waals surface area contributed by atoms with E-state index in [1.807, 2.05) is 6.92 Å². The molecule has 0 bridgehead atoms. The fraction of sp³-hybridized carbons (Fsp3) is 0.174. The topological polar surface area (TPSA) is 86.5 Å². The van der Waals surface area contributed by atoms with Gasteiger partial charge in [0.05, 0.1) is 36.6 Å². The predicted octanol–water partition coefficient (Wildman–Crippen LogP) is 4.92. The summed E-state index contributed by atoms with van der Waals surface area (Å²) in [5.74, 6) is 0.178. The molecule has 1 N–H and O–H groups in total. The highest BCUT2D eigenvalue weighted by atomic mass is 19.1. The minimum absolute atomic E-state index is 0.160. The fourth-order valence-corrected chi connectivity index (χ4v) is 3.39. The van der Waals surface area contributed by atoms with Gasteiger partial charge >= 0.3 is 0 Å². The number of rotatable bonds is 5. The largest absolute Gasteiger partial charge is 0.493 e. The van der Waals surface area contributed by atoms with Gasteiger partial charge in [-0.05, 0) is 43.7 Å². The maximum Gasteiger partial charge on any atom is 0.259 e. The summed E-state index contributed by atoms with van der Waals surface area (Å²) < 4.78 is 30.3. The summed E-state index contributed by atoms with van der Waals surface area (Å²) in [5, 5.41) is 7.28. The predicted molar refractivity (Wildman–Crippen MR) is 114 cm³/mol. The maximum absolute atomic E-state index is 14.4. The molecule has 0 unspecified atom stereocenters. The lowest BCUT2D eigenvalue weighted by Gasteiger charge is -2.14. The normalized spacial score (nSPS) is 10.9. The number of nitrogens with zero attached hydrogens (tertiary/aromatic N) is 2. The molecular weight excluding hydrogens is 401 g/mol. The van der Waals surface area contributed by atoms with E-state index in [0.717, 1.165) is 5.56 Å². The molecule has 0 aliphatic rings. The number of hydrogen-bond donors (Lipinski definition) is 1. The molecule has 0 fully saturated rings. The number of carbonyl (C=O) groups is 1. The van der Waals surface area contributed by atoms with Crippen molar-refractivity contribution in [2.45, 2.75) is 13.8 Å². The third-order valence-corrected chi connectivity index (χ3v) is 4.99. The summed E-state index contributed by atoms with van der Waals surface area (Å²) in [4.78, 5) is 17.6. The highest BCUT2D eigenvalue weighted by Gasteiger charge is 2.21. The molecule has 4 aromatic rings. The van der Waals surface area contributed by atoms with Crippen LogP contribution in [-0.4, -0.2) is 30.3 Å². The Morgan fingerprint density at radius 1 is 1.06 bits per heavy atom. The number of aromatic nitrogens is 2. The highest BCUT2D eigenvalue weighted by molar-refractivity contribution is 6.13. The summed E-state index contributed by atoms with van der Waals surface area (Å²) >= 11 is 0. The molecule has 0 spiro atoms. The molecule has 2 heterocycles. The van der Waals surface area contributed by atoms with Crippen LogP contribution in [0.25, 0.3) is 22.4 Å². The average molecular weight is 421 g/mol. The molecule has 0 aliphatic heterocycles. The quantitative estimate of drug-likeness (QED) is 0.492. The lowest BCUT2D eigenvalue weighted by molar-refractivity contribution is 0.102. The molecule has 0 radical (unpaired) electrons. The summed E-state index contributed by atoms with van der Waals surface area (Å²) in [7, 11) is 3.06. The van der Waals surface area contributed by atoms with E-state index < -0.39 is 11.7 Å². The minimum Gasteiger partial charge on any atom is -0.493 e. The van der Waals surface area contributed by atoms with Crippen molar-refractivity contribution in [3.8, 4) is 22.8 Å². The Labute approximate surface area is 177 Å². The Hall–Kier alpha value is -3.94. The molecule has 1 amide bonds. The molecule has 8 heteroatoms. The molecular formula is C23H20FN3O4. The lowest BCUT2D eigenvalue weighted by atomic mass is 10.0. The number of aryl methyl sites for hydroxylation is 2. The Morgan fingerprint density at radius 3 is 2.48 bits per heavy atom. The van der Waals surface area contributed by atoms with E-state index >= 15 is 0 Å². The second-order valence-corrected chi connectivity index (χ2v) is 6.96. The maximum atomic E-state index is 14.4. The van der Waals surface area contributed by atoms with Crippen LogP contribution in [0.1, 0.15) is 21.6 Å². The van der Waals surface area contributed by atoms with Crippen LogP contribution in [0, 0.1) is 19.7 Å². The zero-order chi connectivity index (χ0) is 22.1. The molecule has 0 saturated heterocycles. The Balaban J connectivity index is 1.81. The van der Waals surface area contributed by atoms with E-state index in [1.165, 1.54) is 19.2 Å². The van der Waals surface area contributed by atoms with Crippen molar-refractivity contribution in [3.05, 3.63) is 65.1 Å². The van der Waals surface area contributed by atoms with Gasteiger partial charge in [-0.3, -0.25) is 4.79 Å². The van der Waals surface area contributed by atoms with Gasteiger partial charge in [0, 0.05) is 17.3 Å². The van der Waals surface area contributed by atoms with Crippen molar-refractivity contribution >= 4 is 22.7 Å². The molecule has 7 nitrogen and oxygen atoms in total. The summed E-state index contributed by atoms with van der Waals surface area (Å²) in [6, 6.07) is 11.2. The molecule has 0 saturated carbocycles. The van der Waals surface area contributed by atoms with Crippen molar-refractivity contribution in [3.63, 3.8) is 0 Å². The van der Waals surface area contributed by atoms with E-state index in [-0.39, 0.29) is 22.5 Å². The fourth-order valence-electron chi connectivity index (χ4n) is 3.39. The number of pyridine rings is 1. The number of amides is 1. The van der Waals surface area contributed by atoms with Gasteiger partial charge in [-0.15, -0.1) is 0 Å². The van der Waals surface area contributed by atoms with Crippen molar-refractivity contribution < 1.29 is 23.2 Å². The van der Waals surface area contributed by atoms with Gasteiger partial charge in [-0.25, -0.2) is 9.37 Å². The molecule has 158 valence electrons. The third kappa shape index (κ3) is 3.68. The number of benzene rings is 2. The zero-order valence-electron chi connectivity index (χ0n) is 17.4. The van der Waals surface area contributed by atoms with E-state index in [1.54, 1.807) is 44.4 Å². The Kier molecular flexibility index (Phi) is 5.29. The van der Waals surface area contributed by atoms with Gasteiger partial charge in [0.15, 0.2) is 11.5 Å². The molecule has 4 rings (SSSR count). The first-order chi connectivity index (χ1) is 14.9. The number of carbonyl (C=O) groups excluding carboxylic acids is 1. The van der Waals surface area contributed by atoms with Crippen LogP contribution < -0.4 is 14.8 Å². The van der Waals surface area contributed by atoms with Crippen molar-refractivity contribution in [1.29, 1.82) is 0 Å². The number of anilines is 1. The highest BCUT2D eigenvalue weighted by Crippen LogP contribution is 2.34. The molecule has 0 atom stereocenters. The Morgan fingerprint density at radius 2 is 1.77 bits per heavy atom. The SMILES string of the molecule is COc1cc(C)c(NC(=O)c2cc(-c3ccccc3F)nc3onc(C)c23)cc1OC. The van der Waals surface area contributed by atoms with Crippen molar-refractivity contribution in [2.75, 3.05) is 19.5 Å². The third-order valence-electron chi connectivity index (χ3n) is 4.99. The standard InChI is InChI=1S/C23H20FN3O4/c1-12-9-19(29-3)20(30-4)11-17(12)25-22(28)15-10-18(14-7-5-6-8-16(14)24)26-23-21(15)13(2)27-31-23/h5-11H,1-4H3,(H,25,28). The van der Waals surface area contributed by atoms with Gasteiger partial charge in [0.25, 0.3) is 11.6 Å². The second-order valence-electron chi connectivity index (χ2n) is 6.96. The van der Waals surface area contributed by atoms with E-state index in [0.29, 0.717) is 28.3 Å². The van der Waals surface area contributed by atoms with E-state index in [4.69, 9.17) is 14.0 Å². The van der Waals surface area contributed by atoms with Crippen LogP contribution in [0.2, 0.25) is 0 Å². The first-order valence-electron chi connectivity index (χ1n) is 9.48. The summed E-state index contributed by atoms with van der Waals surface area (Å²) in [5.41, 5.74) is 2.81. The van der Waals surface area contributed by atoms with Gasteiger partial charge in [-0.1, -0.05) is 17.3 Å². The van der Waals surface area contributed by atoms with Gasteiger partial charge in [-0.2, -0.15) is 0 Å². The average Bonchev–Trinajstić information content (AvgIpc) is 3.15. The van der Waals surface area contributed by atoms with Crippen molar-refractivity contribution in [1.82, 2.24) is 10.1 Å². The lowest BCUT2D eigenvalue weighted by Crippen LogP contribution is -2.14. The first-order valence-corrected chi connectivity index (χ1v) is 9.48. The molecule has 2 aromatic heterocycles. The zero-order valence-corrected chi connectivity index (χ0v) is 17.4. The summed E-state index contributed by atoms with van der Waals surface area (Å²) in [6.07, 6.45) is 0. The minimum atomic E-state index is -0.451. The first kappa shape index (κ1) is 20.3. The number of halogens is 1. The van der Waals surface area contributed by atoms with Crippen LogP contribution >= 0.6 is 0 Å². The molecule has 2 aromatic carbocycles. The van der Waals surface area contributed by atoms with E-state index in [9.17, 15) is 9.18 Å². The smallest absolute Gasteiger partial charge is 0.259 e. The molecule has 31 heavy (non-hydrogen) atoms. The van der Waals surface area contributed by atoms with Gasteiger partial charge < -0.3 is 19.3 Å². The Bertz CT molecular complexity index is 1300.